The number of nitro groups is 1. The molecular weight excluding hydrogens is 294 g/mol. The van der Waals surface area contributed by atoms with Crippen molar-refractivity contribution < 1.29 is 13.3 Å². The molecule has 1 unspecified atom stereocenters. The molecule has 0 radical (unpaired) electrons. The standard InChI is InChI=1S/C10H10ClN3O4S/c1-7(4-5-12)13-19(17,18)10-6-8(14(15)16)2-3-9(10)11/h2-3,6-7,13H,4H2,1H3. The fourth-order valence-corrected chi connectivity index (χ4v) is 3.08. The molecule has 0 aromatic heterocycles. The second-order valence-electron chi connectivity index (χ2n) is 3.76. The first-order chi connectivity index (χ1) is 8.77. The molecule has 0 heterocycles. The van der Waals surface area contributed by atoms with Crippen molar-refractivity contribution >= 4 is 27.3 Å². The van der Waals surface area contributed by atoms with Gasteiger partial charge in [0.05, 0.1) is 22.4 Å². The molecule has 1 rings (SSSR count). The van der Waals surface area contributed by atoms with E-state index in [4.69, 9.17) is 16.9 Å². The summed E-state index contributed by atoms with van der Waals surface area (Å²) in [6, 6.07) is 4.33. The van der Waals surface area contributed by atoms with E-state index in [0.717, 1.165) is 18.2 Å². The summed E-state index contributed by atoms with van der Waals surface area (Å²) in [6.45, 7) is 1.51. The van der Waals surface area contributed by atoms with Crippen LogP contribution in [0, 0.1) is 21.4 Å². The highest BCUT2D eigenvalue weighted by Crippen LogP contribution is 2.26. The highest BCUT2D eigenvalue weighted by molar-refractivity contribution is 7.89. The molecule has 0 amide bonds. The van der Waals surface area contributed by atoms with Crippen molar-refractivity contribution in [2.45, 2.75) is 24.3 Å². The van der Waals surface area contributed by atoms with Crippen LogP contribution in [0.5, 0.6) is 0 Å². The van der Waals surface area contributed by atoms with Crippen molar-refractivity contribution in [2.75, 3.05) is 0 Å². The van der Waals surface area contributed by atoms with E-state index in [9.17, 15) is 18.5 Å². The lowest BCUT2D eigenvalue weighted by Crippen LogP contribution is -2.32. The van der Waals surface area contributed by atoms with Crippen LogP contribution in [0.15, 0.2) is 23.1 Å². The normalized spacial score (nSPS) is 12.7. The fraction of sp³-hybridized carbons (Fsp3) is 0.300. The van der Waals surface area contributed by atoms with E-state index >= 15 is 0 Å². The van der Waals surface area contributed by atoms with Gasteiger partial charge in [-0.15, -0.1) is 0 Å². The van der Waals surface area contributed by atoms with Crippen LogP contribution in [0.4, 0.5) is 5.69 Å². The molecule has 9 heteroatoms. The first-order valence-corrected chi connectivity index (χ1v) is 6.97. The molecule has 1 atom stereocenters. The molecule has 102 valence electrons. The van der Waals surface area contributed by atoms with Gasteiger partial charge < -0.3 is 0 Å². The van der Waals surface area contributed by atoms with Gasteiger partial charge in [0.1, 0.15) is 4.90 Å². The molecule has 19 heavy (non-hydrogen) atoms. The number of non-ortho nitro benzene ring substituents is 1. The van der Waals surface area contributed by atoms with Crippen molar-refractivity contribution in [1.29, 1.82) is 5.26 Å². The third-order valence-electron chi connectivity index (χ3n) is 2.17. The average molecular weight is 304 g/mol. The number of nitro benzene ring substituents is 1. The Morgan fingerprint density at radius 1 is 1.58 bits per heavy atom. The van der Waals surface area contributed by atoms with Crippen LogP contribution in [0.25, 0.3) is 0 Å². The maximum absolute atomic E-state index is 12.0. The Morgan fingerprint density at radius 2 is 2.21 bits per heavy atom. The number of rotatable bonds is 5. The molecule has 0 aliphatic heterocycles. The maximum Gasteiger partial charge on any atom is 0.270 e. The van der Waals surface area contributed by atoms with E-state index in [1.165, 1.54) is 6.92 Å². The SMILES string of the molecule is CC(CC#N)NS(=O)(=O)c1cc([N+](=O)[O-])ccc1Cl. The first kappa shape index (κ1) is 15.4. The third-order valence-corrected chi connectivity index (χ3v) is 4.24. The van der Waals surface area contributed by atoms with Crippen LogP contribution < -0.4 is 4.72 Å². The lowest BCUT2D eigenvalue weighted by atomic mass is 10.3. The molecule has 0 spiro atoms. The largest absolute Gasteiger partial charge is 0.270 e. The monoisotopic (exact) mass is 303 g/mol. The van der Waals surface area contributed by atoms with Gasteiger partial charge in [-0.1, -0.05) is 11.6 Å². The quantitative estimate of drug-likeness (QED) is 0.658. The van der Waals surface area contributed by atoms with Crippen molar-refractivity contribution in [1.82, 2.24) is 4.72 Å². The first-order valence-electron chi connectivity index (χ1n) is 5.11. The molecule has 1 aromatic rings. The summed E-state index contributed by atoms with van der Waals surface area (Å²) >= 11 is 5.74. The Kier molecular flexibility index (Phi) is 4.83. The Bertz CT molecular complexity index is 639. The Morgan fingerprint density at radius 3 is 2.74 bits per heavy atom. The van der Waals surface area contributed by atoms with Gasteiger partial charge in [-0.3, -0.25) is 10.1 Å². The van der Waals surface area contributed by atoms with Gasteiger partial charge in [0.15, 0.2) is 0 Å². The molecule has 0 bridgehead atoms. The van der Waals surface area contributed by atoms with Gasteiger partial charge in [0, 0.05) is 18.2 Å². The van der Waals surface area contributed by atoms with Crippen LogP contribution in [0.2, 0.25) is 5.02 Å². The van der Waals surface area contributed by atoms with Gasteiger partial charge >= 0.3 is 0 Å². The zero-order valence-corrected chi connectivity index (χ0v) is 11.4. The number of halogens is 1. The van der Waals surface area contributed by atoms with Crippen LogP contribution in [-0.2, 0) is 10.0 Å². The average Bonchev–Trinajstić information content (AvgIpc) is 2.28. The second-order valence-corrected chi connectivity index (χ2v) is 5.85. The van der Waals surface area contributed by atoms with Gasteiger partial charge in [-0.05, 0) is 13.0 Å². The minimum Gasteiger partial charge on any atom is -0.258 e. The highest BCUT2D eigenvalue weighted by atomic mass is 35.5. The summed E-state index contributed by atoms with van der Waals surface area (Å²) < 4.78 is 26.2. The summed E-state index contributed by atoms with van der Waals surface area (Å²) in [7, 11) is -4.01. The van der Waals surface area contributed by atoms with E-state index in [-0.39, 0.29) is 22.0 Å². The molecule has 0 fully saturated rings. The summed E-state index contributed by atoms with van der Waals surface area (Å²) in [5.41, 5.74) is -0.377. The topological polar surface area (TPSA) is 113 Å². The summed E-state index contributed by atoms with van der Waals surface area (Å²) in [5, 5.41) is 19.0. The Labute approximate surface area is 115 Å². The number of benzene rings is 1. The molecule has 1 N–H and O–H groups in total. The van der Waals surface area contributed by atoms with Gasteiger partial charge in [0.2, 0.25) is 10.0 Å². The molecule has 0 saturated heterocycles. The number of nitrogens with zero attached hydrogens (tertiary/aromatic N) is 2. The molecule has 0 aliphatic carbocycles. The molecule has 0 saturated carbocycles. The minimum absolute atomic E-state index is 0.0220. The van der Waals surface area contributed by atoms with E-state index in [1.54, 1.807) is 0 Å². The zero-order chi connectivity index (χ0) is 14.6. The molecule has 7 nitrogen and oxygen atoms in total. The summed E-state index contributed by atoms with van der Waals surface area (Å²) in [5.74, 6) is 0. The zero-order valence-electron chi connectivity index (χ0n) is 9.83. The van der Waals surface area contributed by atoms with Crippen LogP contribution in [0.1, 0.15) is 13.3 Å². The summed E-state index contributed by atoms with van der Waals surface area (Å²) in [6.07, 6.45) is -0.0220. The highest BCUT2D eigenvalue weighted by Gasteiger charge is 2.23. The van der Waals surface area contributed by atoms with Crippen molar-refractivity contribution in [2.24, 2.45) is 0 Å². The van der Waals surface area contributed by atoms with Gasteiger partial charge in [-0.2, -0.15) is 5.26 Å². The number of hydrogen-bond donors (Lipinski definition) is 1. The van der Waals surface area contributed by atoms with Crippen molar-refractivity contribution in [3.05, 3.63) is 33.3 Å². The fourth-order valence-electron chi connectivity index (χ4n) is 1.32. The smallest absolute Gasteiger partial charge is 0.258 e. The molecular formula is C10H10ClN3O4S. The summed E-state index contributed by atoms with van der Waals surface area (Å²) in [4.78, 5) is 9.52. The number of nitriles is 1. The minimum atomic E-state index is -4.01. The van der Waals surface area contributed by atoms with Crippen molar-refractivity contribution in [3.8, 4) is 6.07 Å². The Hall–Kier alpha value is -1.69. The van der Waals surface area contributed by atoms with Crippen LogP contribution in [0.3, 0.4) is 0 Å². The van der Waals surface area contributed by atoms with Crippen LogP contribution >= 0.6 is 11.6 Å². The van der Waals surface area contributed by atoms with E-state index < -0.39 is 21.0 Å². The van der Waals surface area contributed by atoms with Gasteiger partial charge in [0.25, 0.3) is 5.69 Å². The lowest BCUT2D eigenvalue weighted by molar-refractivity contribution is -0.385. The molecule has 1 aromatic carbocycles. The van der Waals surface area contributed by atoms with Crippen LogP contribution in [-0.4, -0.2) is 19.4 Å². The number of sulfonamides is 1. The third kappa shape index (κ3) is 3.89. The lowest BCUT2D eigenvalue weighted by Gasteiger charge is -2.12. The van der Waals surface area contributed by atoms with E-state index in [0.29, 0.717) is 0 Å². The van der Waals surface area contributed by atoms with E-state index in [2.05, 4.69) is 4.72 Å². The number of hydrogen-bond acceptors (Lipinski definition) is 5. The van der Waals surface area contributed by atoms with Crippen molar-refractivity contribution in [3.63, 3.8) is 0 Å². The molecule has 0 aliphatic rings. The maximum atomic E-state index is 12.0. The van der Waals surface area contributed by atoms with Gasteiger partial charge in [-0.25, -0.2) is 13.1 Å². The Balaban J connectivity index is 3.18. The second kappa shape index (κ2) is 5.97. The predicted octanol–water partition coefficient (Wildman–Crippen LogP) is 1.83. The number of nitrogens with one attached hydrogen (secondary N) is 1. The predicted molar refractivity (Wildman–Crippen MR) is 68.1 cm³/mol. The van der Waals surface area contributed by atoms with E-state index in [1.807, 2.05) is 6.07 Å².